The summed E-state index contributed by atoms with van der Waals surface area (Å²) in [6.45, 7) is 20.7. The molecule has 0 aliphatic heterocycles. The van der Waals surface area contributed by atoms with Gasteiger partial charge < -0.3 is 10.2 Å². The standard InChI is InChI=1S/C19H24S.C15H26N2.C10H12Cl2/c1-14-7-15(2)10-18(9-14)5-6-20-13-19-11-16(3)8-17(4)12-19;1-13-9-14(2)11-15(10-13)12-17(4)8-6-5-7-16-3;1-3-7(2)8-4-5-9(11)10(12)6-8/h7-12H,5-6,13H2,1-4H3;9-11,16H,5-8,12H2,1-4H3;4-7H,3H2,1-2H3. The van der Waals surface area contributed by atoms with Gasteiger partial charge in [0, 0.05) is 12.3 Å². The van der Waals surface area contributed by atoms with E-state index in [1.54, 1.807) is 0 Å². The molecule has 0 radical (unpaired) electrons. The highest BCUT2D eigenvalue weighted by atomic mass is 35.5. The molecule has 0 fully saturated rings. The number of hydrogen-bond acceptors (Lipinski definition) is 3. The lowest BCUT2D eigenvalue weighted by molar-refractivity contribution is 0.318. The monoisotopic (exact) mass is 720 g/mol. The van der Waals surface area contributed by atoms with Gasteiger partial charge >= 0.3 is 0 Å². The Hall–Kier alpha value is -2.27. The maximum Gasteiger partial charge on any atom is 0.0595 e. The summed E-state index contributed by atoms with van der Waals surface area (Å²) in [5, 5.41) is 4.46. The van der Waals surface area contributed by atoms with Crippen LogP contribution in [0.15, 0.2) is 72.8 Å². The Morgan fingerprint density at radius 1 is 0.673 bits per heavy atom. The van der Waals surface area contributed by atoms with Gasteiger partial charge in [-0.3, -0.25) is 0 Å². The molecule has 0 saturated carbocycles. The van der Waals surface area contributed by atoms with E-state index in [1.807, 2.05) is 37.0 Å². The van der Waals surface area contributed by atoms with Crippen LogP contribution in [0.4, 0.5) is 0 Å². The van der Waals surface area contributed by atoms with Gasteiger partial charge in [-0.2, -0.15) is 11.8 Å². The van der Waals surface area contributed by atoms with Crippen LogP contribution in [0, 0.1) is 41.5 Å². The molecule has 49 heavy (non-hydrogen) atoms. The summed E-state index contributed by atoms with van der Waals surface area (Å²) in [5.74, 6) is 2.86. The van der Waals surface area contributed by atoms with E-state index in [0.717, 1.165) is 31.7 Å². The Morgan fingerprint density at radius 2 is 1.18 bits per heavy atom. The van der Waals surface area contributed by atoms with E-state index in [2.05, 4.69) is 127 Å². The van der Waals surface area contributed by atoms with Crippen molar-refractivity contribution in [3.63, 3.8) is 0 Å². The predicted molar refractivity (Wildman–Crippen MR) is 222 cm³/mol. The van der Waals surface area contributed by atoms with Crippen molar-refractivity contribution in [3.8, 4) is 0 Å². The van der Waals surface area contributed by atoms with Gasteiger partial charge in [0.05, 0.1) is 10.0 Å². The molecular weight excluding hydrogens is 659 g/mol. The second-order valence-corrected chi connectivity index (χ2v) is 15.7. The molecule has 0 aromatic heterocycles. The van der Waals surface area contributed by atoms with Crippen LogP contribution in [0.3, 0.4) is 0 Å². The van der Waals surface area contributed by atoms with Gasteiger partial charge in [0.1, 0.15) is 0 Å². The summed E-state index contributed by atoms with van der Waals surface area (Å²) < 4.78 is 0. The highest BCUT2D eigenvalue weighted by Crippen LogP contribution is 2.27. The highest BCUT2D eigenvalue weighted by Gasteiger charge is 2.05. The molecule has 0 spiro atoms. The van der Waals surface area contributed by atoms with E-state index in [9.17, 15) is 0 Å². The average molecular weight is 722 g/mol. The molecule has 0 heterocycles. The van der Waals surface area contributed by atoms with E-state index in [0.29, 0.717) is 16.0 Å². The van der Waals surface area contributed by atoms with Crippen molar-refractivity contribution in [3.05, 3.63) is 138 Å². The van der Waals surface area contributed by atoms with E-state index < -0.39 is 0 Å². The van der Waals surface area contributed by atoms with Crippen molar-refractivity contribution in [2.45, 2.75) is 99.3 Å². The van der Waals surface area contributed by atoms with Crippen LogP contribution < -0.4 is 5.32 Å². The number of benzene rings is 4. The zero-order valence-electron chi connectivity index (χ0n) is 32.0. The smallest absolute Gasteiger partial charge is 0.0595 e. The van der Waals surface area contributed by atoms with Crippen LogP contribution in [0.2, 0.25) is 10.0 Å². The lowest BCUT2D eigenvalue weighted by atomic mass is 9.99. The molecule has 2 nitrogen and oxygen atoms in total. The van der Waals surface area contributed by atoms with Crippen LogP contribution in [0.1, 0.15) is 94.7 Å². The minimum absolute atomic E-state index is 0.555. The number of halogens is 2. The van der Waals surface area contributed by atoms with Gasteiger partial charge in [-0.25, -0.2) is 0 Å². The average Bonchev–Trinajstić information content (AvgIpc) is 3.02. The summed E-state index contributed by atoms with van der Waals surface area (Å²) in [4.78, 5) is 2.41. The third-order valence-corrected chi connectivity index (χ3v) is 10.2. The maximum atomic E-state index is 5.88. The van der Waals surface area contributed by atoms with Crippen molar-refractivity contribution in [1.29, 1.82) is 0 Å². The number of hydrogen-bond donors (Lipinski definition) is 1. The highest BCUT2D eigenvalue weighted by molar-refractivity contribution is 7.98. The molecule has 0 amide bonds. The summed E-state index contributed by atoms with van der Waals surface area (Å²) in [7, 11) is 4.22. The van der Waals surface area contributed by atoms with Gasteiger partial charge in [0.15, 0.2) is 0 Å². The first-order valence-electron chi connectivity index (χ1n) is 17.9. The van der Waals surface area contributed by atoms with E-state index >= 15 is 0 Å². The number of aryl methyl sites for hydroxylation is 7. The van der Waals surface area contributed by atoms with Crippen molar-refractivity contribution < 1.29 is 0 Å². The first-order chi connectivity index (χ1) is 23.3. The molecule has 0 bridgehead atoms. The second-order valence-electron chi connectivity index (χ2n) is 13.8. The molecule has 1 N–H and O–H groups in total. The van der Waals surface area contributed by atoms with Crippen LogP contribution in [-0.2, 0) is 18.7 Å². The van der Waals surface area contributed by atoms with Gasteiger partial charge in [-0.15, -0.1) is 0 Å². The van der Waals surface area contributed by atoms with E-state index in [1.165, 1.54) is 80.8 Å². The summed E-state index contributed by atoms with van der Waals surface area (Å²) in [5.41, 5.74) is 13.8. The molecule has 268 valence electrons. The van der Waals surface area contributed by atoms with Gasteiger partial charge in [-0.1, -0.05) is 131 Å². The molecule has 5 heteroatoms. The SMILES string of the molecule is CCC(C)c1ccc(Cl)c(Cl)c1.CNCCCCN(C)Cc1cc(C)cc(C)c1.Cc1cc(C)cc(CCSCc2cc(C)cc(C)c2)c1. The Labute approximate surface area is 314 Å². The number of nitrogens with zero attached hydrogens (tertiary/aromatic N) is 1. The lowest BCUT2D eigenvalue weighted by Gasteiger charge is -2.17. The fraction of sp³-hybridized carbons (Fsp3) is 0.455. The molecule has 0 aliphatic carbocycles. The number of thioether (sulfide) groups is 1. The molecule has 1 atom stereocenters. The normalized spacial score (nSPS) is 11.4. The summed E-state index contributed by atoms with van der Waals surface area (Å²) in [6.07, 6.45) is 4.81. The number of rotatable bonds is 14. The van der Waals surface area contributed by atoms with Crippen LogP contribution in [-0.4, -0.2) is 37.8 Å². The van der Waals surface area contributed by atoms with E-state index in [4.69, 9.17) is 23.2 Å². The third-order valence-electron chi connectivity index (χ3n) is 8.44. The minimum atomic E-state index is 0.555. The molecule has 0 aliphatic rings. The van der Waals surface area contributed by atoms with Gasteiger partial charge in [0.2, 0.25) is 0 Å². The molecular formula is C44H62Cl2N2S. The Kier molecular flexibility index (Phi) is 20.4. The third kappa shape index (κ3) is 18.0. The summed E-state index contributed by atoms with van der Waals surface area (Å²) in [6, 6.07) is 26.3. The van der Waals surface area contributed by atoms with Crippen molar-refractivity contribution in [2.75, 3.05) is 32.9 Å². The van der Waals surface area contributed by atoms with Crippen molar-refractivity contribution >= 4 is 35.0 Å². The van der Waals surface area contributed by atoms with Gasteiger partial charge in [0.25, 0.3) is 0 Å². The molecule has 4 aromatic carbocycles. The Balaban J connectivity index is 0.000000263. The number of nitrogens with one attached hydrogen (secondary N) is 1. The first-order valence-corrected chi connectivity index (χ1v) is 19.8. The van der Waals surface area contributed by atoms with Crippen LogP contribution >= 0.6 is 35.0 Å². The Bertz CT molecular complexity index is 1440. The predicted octanol–water partition coefficient (Wildman–Crippen LogP) is 12.6. The van der Waals surface area contributed by atoms with Crippen LogP contribution in [0.25, 0.3) is 0 Å². The maximum absolute atomic E-state index is 5.88. The second kappa shape index (κ2) is 23.3. The van der Waals surface area contributed by atoms with Gasteiger partial charge in [-0.05, 0) is 140 Å². The summed E-state index contributed by atoms with van der Waals surface area (Å²) >= 11 is 13.7. The van der Waals surface area contributed by atoms with Crippen molar-refractivity contribution in [2.24, 2.45) is 0 Å². The lowest BCUT2D eigenvalue weighted by Crippen LogP contribution is -2.20. The molecule has 1 unspecified atom stereocenters. The fourth-order valence-corrected chi connectivity index (χ4v) is 7.27. The molecule has 0 saturated heterocycles. The zero-order valence-corrected chi connectivity index (χ0v) is 34.3. The minimum Gasteiger partial charge on any atom is -0.320 e. The fourth-order valence-electron chi connectivity index (χ4n) is 6.03. The number of unbranched alkanes of at least 4 members (excludes halogenated alkanes) is 1. The largest absolute Gasteiger partial charge is 0.320 e. The van der Waals surface area contributed by atoms with Crippen LogP contribution in [0.5, 0.6) is 0 Å². The quantitative estimate of drug-likeness (QED) is 0.131. The van der Waals surface area contributed by atoms with Crippen molar-refractivity contribution in [1.82, 2.24) is 10.2 Å². The first kappa shape index (κ1) is 42.9. The zero-order chi connectivity index (χ0) is 36.3. The molecule has 4 rings (SSSR count). The topological polar surface area (TPSA) is 15.3 Å². The van der Waals surface area contributed by atoms with E-state index in [-0.39, 0.29) is 0 Å². The molecule has 4 aromatic rings. The Morgan fingerprint density at radius 3 is 1.67 bits per heavy atom.